The second kappa shape index (κ2) is 11.9. The minimum atomic E-state index is -0.346. The molecule has 0 unspecified atom stereocenters. The van der Waals surface area contributed by atoms with E-state index in [4.69, 9.17) is 28.6 Å². The molecule has 2 amide bonds. The molecule has 0 saturated carbocycles. The van der Waals surface area contributed by atoms with Gasteiger partial charge in [0.15, 0.2) is 5.11 Å². The van der Waals surface area contributed by atoms with Crippen molar-refractivity contribution in [2.75, 3.05) is 43.5 Å². The molecule has 1 heterocycles. The van der Waals surface area contributed by atoms with Gasteiger partial charge in [-0.1, -0.05) is 29.8 Å². The quantitative estimate of drug-likeness (QED) is 0.376. The number of piperazine rings is 1. The van der Waals surface area contributed by atoms with Gasteiger partial charge < -0.3 is 19.9 Å². The fraction of sp³-hybridized carbons (Fsp3) is 0.222. The molecule has 1 aliphatic rings. The number of methoxy groups -OCH3 is 1. The van der Waals surface area contributed by atoms with Gasteiger partial charge in [-0.2, -0.15) is 0 Å². The maximum atomic E-state index is 12.9. The van der Waals surface area contributed by atoms with Crippen LogP contribution < -0.4 is 20.3 Å². The number of halogens is 2. The molecular formula is C27H26BrClN4O3S. The number of hydrogen-bond acceptors (Lipinski definition) is 5. The zero-order chi connectivity index (χ0) is 26.5. The smallest absolute Gasteiger partial charge is 0.257 e. The number of hydrogen-bond donors (Lipinski definition) is 2. The topological polar surface area (TPSA) is 73.9 Å². The molecule has 0 radical (unpaired) electrons. The number of carbonyl (C=O) groups excluding carboxylic acids is 2. The Morgan fingerprint density at radius 2 is 1.76 bits per heavy atom. The maximum Gasteiger partial charge on any atom is 0.257 e. The number of nitrogens with zero attached hydrogens (tertiary/aromatic N) is 2. The zero-order valence-corrected chi connectivity index (χ0v) is 23.5. The second-order valence-electron chi connectivity index (χ2n) is 8.52. The molecule has 3 aromatic carbocycles. The van der Waals surface area contributed by atoms with Gasteiger partial charge >= 0.3 is 0 Å². The van der Waals surface area contributed by atoms with Crippen LogP contribution in [-0.2, 0) is 0 Å². The number of ether oxygens (including phenoxy) is 1. The van der Waals surface area contributed by atoms with Crippen molar-refractivity contribution in [2.45, 2.75) is 6.92 Å². The number of benzene rings is 3. The van der Waals surface area contributed by atoms with E-state index in [1.54, 1.807) is 31.4 Å². The standard InChI is InChI=1S/C27H26BrClN4O3S/c1-17-5-3-4-6-20(17)26(35)33-13-11-32(12-14-33)23-9-8-19(16-22(23)29)30-27(37)31-25(34)18-7-10-24(36-2)21(28)15-18/h3-10,15-16H,11-14H2,1-2H3,(H2,30,31,34,37). The average Bonchev–Trinajstić information content (AvgIpc) is 2.88. The van der Waals surface area contributed by atoms with Crippen molar-refractivity contribution < 1.29 is 14.3 Å². The van der Waals surface area contributed by atoms with E-state index in [1.165, 1.54) is 0 Å². The summed E-state index contributed by atoms with van der Waals surface area (Å²) in [5.74, 6) is 0.342. The van der Waals surface area contributed by atoms with E-state index in [-0.39, 0.29) is 16.9 Å². The van der Waals surface area contributed by atoms with Crippen LogP contribution in [0.3, 0.4) is 0 Å². The van der Waals surface area contributed by atoms with E-state index in [0.29, 0.717) is 52.7 Å². The third-order valence-corrected chi connectivity index (χ3v) is 7.26. The highest BCUT2D eigenvalue weighted by molar-refractivity contribution is 9.10. The number of anilines is 2. The van der Waals surface area contributed by atoms with Crippen molar-refractivity contribution in [3.05, 3.63) is 86.8 Å². The summed E-state index contributed by atoms with van der Waals surface area (Å²) < 4.78 is 5.86. The molecule has 3 aromatic rings. The normalized spacial score (nSPS) is 13.2. The molecule has 7 nitrogen and oxygen atoms in total. The lowest BCUT2D eigenvalue weighted by Gasteiger charge is -2.36. The van der Waals surface area contributed by atoms with Crippen LogP contribution in [0, 0.1) is 6.92 Å². The molecule has 1 fully saturated rings. The monoisotopic (exact) mass is 600 g/mol. The number of aryl methyl sites for hydroxylation is 1. The third-order valence-electron chi connectivity index (χ3n) is 6.13. The van der Waals surface area contributed by atoms with E-state index in [9.17, 15) is 9.59 Å². The van der Waals surface area contributed by atoms with Crippen molar-refractivity contribution in [3.8, 4) is 5.75 Å². The molecule has 0 spiro atoms. The van der Waals surface area contributed by atoms with Crippen LogP contribution >= 0.6 is 39.7 Å². The minimum absolute atomic E-state index is 0.0564. The Kier molecular flexibility index (Phi) is 8.68. The lowest BCUT2D eigenvalue weighted by molar-refractivity contribution is 0.0746. The predicted molar refractivity (Wildman–Crippen MR) is 155 cm³/mol. The van der Waals surface area contributed by atoms with Crippen LogP contribution in [0.4, 0.5) is 11.4 Å². The Balaban J connectivity index is 1.33. The number of amides is 2. The summed E-state index contributed by atoms with van der Waals surface area (Å²) in [5.41, 5.74) is 3.70. The van der Waals surface area contributed by atoms with Gasteiger partial charge in [0.2, 0.25) is 0 Å². The summed E-state index contributed by atoms with van der Waals surface area (Å²) in [6, 6.07) is 18.2. The molecule has 0 atom stereocenters. The first-order valence-electron chi connectivity index (χ1n) is 11.6. The number of carbonyl (C=O) groups is 2. The van der Waals surface area contributed by atoms with Crippen molar-refractivity contribution in [2.24, 2.45) is 0 Å². The summed E-state index contributed by atoms with van der Waals surface area (Å²) in [7, 11) is 1.56. The molecule has 4 rings (SSSR count). The Bertz CT molecular complexity index is 1340. The fourth-order valence-corrected chi connectivity index (χ4v) is 5.17. The highest BCUT2D eigenvalue weighted by atomic mass is 79.9. The van der Waals surface area contributed by atoms with Crippen molar-refractivity contribution in [3.63, 3.8) is 0 Å². The lowest BCUT2D eigenvalue weighted by Crippen LogP contribution is -2.49. The molecule has 10 heteroatoms. The van der Waals surface area contributed by atoms with Crippen LogP contribution in [0.5, 0.6) is 5.75 Å². The minimum Gasteiger partial charge on any atom is -0.496 e. The van der Waals surface area contributed by atoms with Crippen LogP contribution in [0.1, 0.15) is 26.3 Å². The Hall–Kier alpha value is -3.14. The molecule has 1 aliphatic heterocycles. The summed E-state index contributed by atoms with van der Waals surface area (Å²) in [5, 5.41) is 6.38. The van der Waals surface area contributed by atoms with Gasteiger partial charge in [0.1, 0.15) is 5.75 Å². The number of thiocarbonyl (C=S) groups is 1. The first kappa shape index (κ1) is 26.9. The van der Waals surface area contributed by atoms with E-state index < -0.39 is 0 Å². The van der Waals surface area contributed by atoms with Crippen LogP contribution in [-0.4, -0.2) is 55.1 Å². The van der Waals surface area contributed by atoms with E-state index in [0.717, 1.165) is 16.8 Å². The second-order valence-corrected chi connectivity index (χ2v) is 10.2. The van der Waals surface area contributed by atoms with E-state index in [1.807, 2.05) is 48.2 Å². The zero-order valence-electron chi connectivity index (χ0n) is 20.4. The van der Waals surface area contributed by atoms with Gasteiger partial charge in [-0.05, 0) is 83.1 Å². The van der Waals surface area contributed by atoms with Gasteiger partial charge in [0.05, 0.1) is 22.3 Å². The Labute approximate surface area is 234 Å². The Morgan fingerprint density at radius 3 is 2.41 bits per heavy atom. The first-order chi connectivity index (χ1) is 17.8. The highest BCUT2D eigenvalue weighted by Gasteiger charge is 2.24. The average molecular weight is 602 g/mol. The highest BCUT2D eigenvalue weighted by Crippen LogP contribution is 2.30. The van der Waals surface area contributed by atoms with Crippen molar-refractivity contribution in [1.82, 2.24) is 10.2 Å². The fourth-order valence-electron chi connectivity index (χ4n) is 4.12. The molecule has 37 heavy (non-hydrogen) atoms. The molecule has 1 saturated heterocycles. The van der Waals surface area contributed by atoms with Gasteiger partial charge in [0, 0.05) is 43.0 Å². The van der Waals surface area contributed by atoms with Gasteiger partial charge in [0.25, 0.3) is 11.8 Å². The van der Waals surface area contributed by atoms with E-state index in [2.05, 4.69) is 31.5 Å². The molecule has 0 aromatic heterocycles. The molecule has 2 N–H and O–H groups in total. The summed E-state index contributed by atoms with van der Waals surface area (Å²) in [4.78, 5) is 29.5. The largest absolute Gasteiger partial charge is 0.496 e. The molecule has 192 valence electrons. The van der Waals surface area contributed by atoms with Crippen LogP contribution in [0.2, 0.25) is 5.02 Å². The van der Waals surface area contributed by atoms with E-state index >= 15 is 0 Å². The first-order valence-corrected chi connectivity index (χ1v) is 13.2. The van der Waals surface area contributed by atoms with Crippen molar-refractivity contribution in [1.29, 1.82) is 0 Å². The number of nitrogens with one attached hydrogen (secondary N) is 2. The summed E-state index contributed by atoms with van der Waals surface area (Å²) in [6.07, 6.45) is 0. The summed E-state index contributed by atoms with van der Waals surface area (Å²) in [6.45, 7) is 4.53. The SMILES string of the molecule is COc1ccc(C(=O)NC(=S)Nc2ccc(N3CCN(C(=O)c4ccccc4C)CC3)c(Cl)c2)cc1Br. The van der Waals surface area contributed by atoms with Gasteiger partial charge in [-0.15, -0.1) is 0 Å². The maximum absolute atomic E-state index is 12.9. The van der Waals surface area contributed by atoms with Crippen LogP contribution in [0.15, 0.2) is 65.1 Å². The van der Waals surface area contributed by atoms with Gasteiger partial charge in [-0.3, -0.25) is 14.9 Å². The lowest BCUT2D eigenvalue weighted by atomic mass is 10.1. The molecule has 0 bridgehead atoms. The third kappa shape index (κ3) is 6.41. The number of rotatable bonds is 5. The van der Waals surface area contributed by atoms with Gasteiger partial charge in [-0.25, -0.2) is 0 Å². The Morgan fingerprint density at radius 1 is 1.03 bits per heavy atom. The predicted octanol–water partition coefficient (Wildman–Crippen LogP) is 5.51. The van der Waals surface area contributed by atoms with Crippen molar-refractivity contribution >= 4 is 68.1 Å². The molecule has 0 aliphatic carbocycles. The summed E-state index contributed by atoms with van der Waals surface area (Å²) >= 11 is 15.3. The van der Waals surface area contributed by atoms with Crippen LogP contribution in [0.25, 0.3) is 0 Å². The molecular weight excluding hydrogens is 576 g/mol.